The molecule has 0 bridgehead atoms. The Morgan fingerprint density at radius 3 is 2.56 bits per heavy atom. The smallest absolute Gasteiger partial charge is 0.238 e. The zero-order chi connectivity index (χ0) is 13.8. The molecule has 0 unspecified atom stereocenters. The Kier molecular flexibility index (Phi) is 4.84. The van der Waals surface area contributed by atoms with E-state index in [1.165, 1.54) is 25.1 Å². The van der Waals surface area contributed by atoms with Crippen LogP contribution in [0.15, 0.2) is 24.3 Å². The lowest BCUT2D eigenvalue weighted by molar-refractivity contribution is -0.120. The second kappa shape index (κ2) is 5.95. The number of benzene rings is 1. The maximum atomic E-state index is 13.4. The summed E-state index contributed by atoms with van der Waals surface area (Å²) >= 11 is 0. The van der Waals surface area contributed by atoms with Gasteiger partial charge in [-0.05, 0) is 19.9 Å². The first-order valence-electron chi connectivity index (χ1n) is 5.61. The fraction of sp³-hybridized carbons (Fsp3) is 0.417. The molecule has 0 spiro atoms. The third-order valence-corrected chi connectivity index (χ3v) is 4.58. The van der Waals surface area contributed by atoms with Crippen LogP contribution in [-0.4, -0.2) is 26.1 Å². The summed E-state index contributed by atoms with van der Waals surface area (Å²) in [5.41, 5.74) is 0.0775. The highest BCUT2D eigenvalue weighted by atomic mass is 32.2. The summed E-state index contributed by atoms with van der Waals surface area (Å²) in [5.74, 6) is -1.61. The maximum Gasteiger partial charge on any atom is 0.238 e. The molecule has 1 N–H and O–H groups in total. The lowest BCUT2D eigenvalue weighted by Crippen LogP contribution is -2.38. The summed E-state index contributed by atoms with van der Waals surface area (Å²) < 4.78 is 37.2. The number of nitrogens with one attached hydrogen (secondary N) is 1. The van der Waals surface area contributed by atoms with Gasteiger partial charge in [0.05, 0.1) is 5.75 Å². The van der Waals surface area contributed by atoms with Crippen molar-refractivity contribution in [2.45, 2.75) is 24.9 Å². The van der Waals surface area contributed by atoms with E-state index in [4.69, 9.17) is 0 Å². The Morgan fingerprint density at radius 1 is 1.39 bits per heavy atom. The molecule has 0 aliphatic rings. The summed E-state index contributed by atoms with van der Waals surface area (Å²) in [5, 5.41) is 1.26. The Balaban J connectivity index is 2.89. The van der Waals surface area contributed by atoms with Crippen molar-refractivity contribution in [3.8, 4) is 0 Å². The summed E-state index contributed by atoms with van der Waals surface area (Å²) in [6.45, 7) is 3.37. The van der Waals surface area contributed by atoms with Crippen LogP contribution in [0, 0.1) is 5.82 Å². The van der Waals surface area contributed by atoms with Gasteiger partial charge in [0.1, 0.15) is 11.1 Å². The van der Waals surface area contributed by atoms with Crippen LogP contribution in [0.3, 0.4) is 0 Å². The summed E-state index contributed by atoms with van der Waals surface area (Å²) in [6.07, 6.45) is 0. The molecule has 1 rings (SSSR count). The van der Waals surface area contributed by atoms with E-state index in [-0.39, 0.29) is 5.56 Å². The Hall–Kier alpha value is -1.43. The molecule has 0 saturated heterocycles. The van der Waals surface area contributed by atoms with E-state index in [1.54, 1.807) is 13.0 Å². The average molecular weight is 273 g/mol. The summed E-state index contributed by atoms with van der Waals surface area (Å²) in [6, 6.07) is 5.64. The highest BCUT2D eigenvalue weighted by Gasteiger charge is 2.28. The molecule has 0 aliphatic heterocycles. The molecular weight excluding hydrogens is 257 g/mol. The first-order valence-corrected chi connectivity index (χ1v) is 7.32. The molecule has 0 saturated carbocycles. The third kappa shape index (κ3) is 3.53. The van der Waals surface area contributed by atoms with Gasteiger partial charge in [0.15, 0.2) is 9.84 Å². The molecule has 1 aromatic carbocycles. The molecule has 6 heteroatoms. The highest BCUT2D eigenvalue weighted by Crippen LogP contribution is 2.14. The standard InChI is InChI=1S/C12H16FNO3S/c1-3-14-12(15)9(2)18(16,17)8-10-6-4-5-7-11(10)13/h4-7,9H,3,8H2,1-2H3,(H,14,15)/t9-/m1/s1. The fourth-order valence-electron chi connectivity index (χ4n) is 1.44. The first kappa shape index (κ1) is 14.6. The van der Waals surface area contributed by atoms with Gasteiger partial charge in [0, 0.05) is 12.1 Å². The van der Waals surface area contributed by atoms with Gasteiger partial charge in [0.25, 0.3) is 0 Å². The van der Waals surface area contributed by atoms with Crippen LogP contribution < -0.4 is 5.32 Å². The molecule has 100 valence electrons. The van der Waals surface area contributed by atoms with Gasteiger partial charge in [0.2, 0.25) is 5.91 Å². The Bertz CT molecular complexity index is 528. The fourth-order valence-corrected chi connectivity index (χ4v) is 2.77. The molecule has 0 radical (unpaired) electrons. The van der Waals surface area contributed by atoms with Crippen molar-refractivity contribution in [1.82, 2.24) is 5.32 Å². The van der Waals surface area contributed by atoms with Crippen LogP contribution in [0.25, 0.3) is 0 Å². The number of hydrogen-bond acceptors (Lipinski definition) is 3. The van der Waals surface area contributed by atoms with Crippen LogP contribution in [-0.2, 0) is 20.4 Å². The molecule has 1 aromatic rings. The van der Waals surface area contributed by atoms with E-state index in [0.29, 0.717) is 6.54 Å². The number of halogens is 1. The number of carbonyl (C=O) groups excluding carboxylic acids is 1. The molecule has 0 aliphatic carbocycles. The number of rotatable bonds is 5. The van der Waals surface area contributed by atoms with Gasteiger partial charge < -0.3 is 5.32 Å². The lowest BCUT2D eigenvalue weighted by atomic mass is 10.2. The van der Waals surface area contributed by atoms with Crippen LogP contribution in [0.1, 0.15) is 19.4 Å². The minimum absolute atomic E-state index is 0.0775. The largest absolute Gasteiger partial charge is 0.355 e. The van der Waals surface area contributed by atoms with Crippen LogP contribution in [0.5, 0.6) is 0 Å². The minimum Gasteiger partial charge on any atom is -0.355 e. The van der Waals surface area contributed by atoms with Gasteiger partial charge in [-0.15, -0.1) is 0 Å². The monoisotopic (exact) mass is 273 g/mol. The molecule has 0 heterocycles. The van der Waals surface area contributed by atoms with Gasteiger partial charge in [-0.25, -0.2) is 12.8 Å². The van der Waals surface area contributed by atoms with E-state index >= 15 is 0 Å². The molecule has 1 atom stereocenters. The summed E-state index contributed by atoms with van der Waals surface area (Å²) in [4.78, 5) is 11.5. The molecule has 4 nitrogen and oxygen atoms in total. The molecular formula is C12H16FNO3S. The number of amides is 1. The second-order valence-corrected chi connectivity index (χ2v) is 6.26. The Labute approximate surface area is 106 Å². The van der Waals surface area contributed by atoms with Crippen molar-refractivity contribution in [2.75, 3.05) is 6.54 Å². The van der Waals surface area contributed by atoms with Crippen molar-refractivity contribution in [3.63, 3.8) is 0 Å². The molecule has 0 aromatic heterocycles. The minimum atomic E-state index is -3.71. The normalized spacial score (nSPS) is 13.1. The molecule has 0 fully saturated rings. The summed E-state index contributed by atoms with van der Waals surface area (Å²) in [7, 11) is -3.71. The van der Waals surface area contributed by atoms with Crippen molar-refractivity contribution in [3.05, 3.63) is 35.6 Å². The maximum absolute atomic E-state index is 13.4. The third-order valence-electron chi connectivity index (χ3n) is 2.57. The zero-order valence-electron chi connectivity index (χ0n) is 10.3. The number of carbonyl (C=O) groups is 1. The van der Waals surface area contributed by atoms with Gasteiger partial charge >= 0.3 is 0 Å². The topological polar surface area (TPSA) is 63.2 Å². The van der Waals surface area contributed by atoms with Crippen molar-refractivity contribution < 1.29 is 17.6 Å². The van der Waals surface area contributed by atoms with Crippen molar-refractivity contribution in [1.29, 1.82) is 0 Å². The second-order valence-electron chi connectivity index (χ2n) is 3.94. The SMILES string of the molecule is CCNC(=O)[C@@H](C)S(=O)(=O)Cc1ccccc1F. The van der Waals surface area contributed by atoms with E-state index in [9.17, 15) is 17.6 Å². The van der Waals surface area contributed by atoms with E-state index < -0.39 is 32.6 Å². The van der Waals surface area contributed by atoms with Crippen molar-refractivity contribution >= 4 is 15.7 Å². The van der Waals surface area contributed by atoms with Crippen LogP contribution in [0.4, 0.5) is 4.39 Å². The van der Waals surface area contributed by atoms with Gasteiger partial charge in [-0.3, -0.25) is 4.79 Å². The highest BCUT2D eigenvalue weighted by molar-refractivity contribution is 7.92. The predicted octanol–water partition coefficient (Wildman–Crippen LogP) is 1.27. The Morgan fingerprint density at radius 2 is 2.00 bits per heavy atom. The lowest BCUT2D eigenvalue weighted by Gasteiger charge is -2.12. The van der Waals surface area contributed by atoms with Crippen molar-refractivity contribution in [2.24, 2.45) is 0 Å². The van der Waals surface area contributed by atoms with E-state index in [2.05, 4.69) is 5.32 Å². The average Bonchev–Trinajstić information content (AvgIpc) is 2.31. The van der Waals surface area contributed by atoms with Gasteiger partial charge in [-0.2, -0.15) is 0 Å². The number of hydrogen-bond donors (Lipinski definition) is 1. The van der Waals surface area contributed by atoms with E-state index in [0.717, 1.165) is 0 Å². The quantitative estimate of drug-likeness (QED) is 0.878. The zero-order valence-corrected chi connectivity index (χ0v) is 11.1. The molecule has 18 heavy (non-hydrogen) atoms. The molecule has 1 amide bonds. The predicted molar refractivity (Wildman–Crippen MR) is 67.2 cm³/mol. The van der Waals surface area contributed by atoms with Crippen LogP contribution >= 0.6 is 0 Å². The number of sulfone groups is 1. The van der Waals surface area contributed by atoms with Gasteiger partial charge in [-0.1, -0.05) is 18.2 Å². The van der Waals surface area contributed by atoms with Crippen LogP contribution in [0.2, 0.25) is 0 Å². The van der Waals surface area contributed by atoms with E-state index in [1.807, 2.05) is 0 Å². The first-order chi connectivity index (χ1) is 8.38.